The third-order valence-corrected chi connectivity index (χ3v) is 6.07. The van der Waals surface area contributed by atoms with Crippen molar-refractivity contribution in [3.8, 4) is 0 Å². The van der Waals surface area contributed by atoms with Gasteiger partial charge in [-0.15, -0.1) is 11.3 Å². The number of aromatic nitrogens is 1. The van der Waals surface area contributed by atoms with Gasteiger partial charge in [0.15, 0.2) is 0 Å². The predicted molar refractivity (Wildman–Crippen MR) is 99.6 cm³/mol. The standard InChI is InChI=1S/C19H21N3O3S/c1-19(2)12-4-3-11(9-14(12)22-18(19)24)17(23)20-7-5-16-21-13-6-8-25-10-15(13)26-16/h3-4,9H,5-8,10H2,1-2H3,(H,20,23)(H,22,24). The molecule has 2 aliphatic rings. The Labute approximate surface area is 156 Å². The van der Waals surface area contributed by atoms with Gasteiger partial charge in [0.2, 0.25) is 5.91 Å². The van der Waals surface area contributed by atoms with Gasteiger partial charge < -0.3 is 15.4 Å². The van der Waals surface area contributed by atoms with Crippen molar-refractivity contribution in [3.63, 3.8) is 0 Å². The molecule has 2 aromatic rings. The fourth-order valence-corrected chi connectivity index (χ4v) is 4.36. The molecule has 0 aliphatic carbocycles. The molecule has 0 bridgehead atoms. The van der Waals surface area contributed by atoms with Gasteiger partial charge in [0.05, 0.1) is 34.2 Å². The largest absolute Gasteiger partial charge is 0.375 e. The van der Waals surface area contributed by atoms with Crippen LogP contribution in [0.1, 0.15) is 45.3 Å². The van der Waals surface area contributed by atoms with Crippen LogP contribution in [0.25, 0.3) is 0 Å². The van der Waals surface area contributed by atoms with E-state index in [-0.39, 0.29) is 11.8 Å². The summed E-state index contributed by atoms with van der Waals surface area (Å²) in [7, 11) is 0. The second-order valence-corrected chi connectivity index (χ2v) is 8.29. The molecule has 0 atom stereocenters. The van der Waals surface area contributed by atoms with Crippen molar-refractivity contribution in [2.75, 3.05) is 18.5 Å². The van der Waals surface area contributed by atoms with E-state index in [2.05, 4.69) is 15.6 Å². The molecule has 1 aromatic heterocycles. The Morgan fingerprint density at radius 1 is 1.42 bits per heavy atom. The summed E-state index contributed by atoms with van der Waals surface area (Å²) in [5.41, 5.74) is 2.78. The Balaban J connectivity index is 1.38. The lowest BCUT2D eigenvalue weighted by Gasteiger charge is -2.14. The second-order valence-electron chi connectivity index (χ2n) is 7.13. The zero-order valence-corrected chi connectivity index (χ0v) is 15.7. The third-order valence-electron chi connectivity index (χ3n) is 4.93. The quantitative estimate of drug-likeness (QED) is 0.865. The molecule has 4 rings (SSSR count). The minimum absolute atomic E-state index is 0.0400. The lowest BCUT2D eigenvalue weighted by molar-refractivity contribution is -0.119. The average molecular weight is 371 g/mol. The van der Waals surface area contributed by atoms with Gasteiger partial charge in [-0.25, -0.2) is 4.98 Å². The van der Waals surface area contributed by atoms with Gasteiger partial charge in [-0.2, -0.15) is 0 Å². The summed E-state index contributed by atoms with van der Waals surface area (Å²) in [4.78, 5) is 30.3. The summed E-state index contributed by atoms with van der Waals surface area (Å²) in [5, 5.41) is 6.82. The first-order valence-electron chi connectivity index (χ1n) is 8.74. The molecular formula is C19H21N3O3S. The summed E-state index contributed by atoms with van der Waals surface area (Å²) in [6.45, 7) is 5.68. The Morgan fingerprint density at radius 2 is 2.27 bits per heavy atom. The number of fused-ring (bicyclic) bond motifs is 2. The lowest BCUT2D eigenvalue weighted by atomic mass is 9.86. The molecule has 2 amide bonds. The molecule has 136 valence electrons. The minimum atomic E-state index is -0.558. The van der Waals surface area contributed by atoms with Gasteiger partial charge in [0.25, 0.3) is 5.91 Å². The molecule has 0 radical (unpaired) electrons. The Bertz CT molecular complexity index is 865. The number of carbonyl (C=O) groups is 2. The maximum absolute atomic E-state index is 12.4. The highest BCUT2D eigenvalue weighted by Gasteiger charge is 2.38. The topological polar surface area (TPSA) is 80.3 Å². The number of nitrogens with one attached hydrogen (secondary N) is 2. The van der Waals surface area contributed by atoms with E-state index in [1.807, 2.05) is 19.9 Å². The van der Waals surface area contributed by atoms with Crippen LogP contribution in [0.15, 0.2) is 18.2 Å². The summed E-state index contributed by atoms with van der Waals surface area (Å²) >= 11 is 1.66. The van der Waals surface area contributed by atoms with Gasteiger partial charge >= 0.3 is 0 Å². The first kappa shape index (κ1) is 17.2. The highest BCUT2D eigenvalue weighted by atomic mass is 32.1. The van der Waals surface area contributed by atoms with Crippen LogP contribution in [0.4, 0.5) is 5.69 Å². The van der Waals surface area contributed by atoms with E-state index in [1.54, 1.807) is 23.5 Å². The number of nitrogens with zero attached hydrogens (tertiary/aromatic N) is 1. The minimum Gasteiger partial charge on any atom is -0.375 e. The van der Waals surface area contributed by atoms with Gasteiger partial charge in [0.1, 0.15) is 0 Å². The molecule has 1 aromatic carbocycles. The van der Waals surface area contributed by atoms with Crippen LogP contribution in [0.2, 0.25) is 0 Å². The zero-order valence-electron chi connectivity index (χ0n) is 14.8. The van der Waals surface area contributed by atoms with Crippen molar-refractivity contribution in [3.05, 3.63) is 44.9 Å². The molecule has 0 saturated heterocycles. The van der Waals surface area contributed by atoms with E-state index in [1.165, 1.54) is 4.88 Å². The Morgan fingerprint density at radius 3 is 3.08 bits per heavy atom. The molecule has 0 unspecified atom stereocenters. The van der Waals surface area contributed by atoms with Crippen molar-refractivity contribution >= 4 is 28.8 Å². The molecule has 26 heavy (non-hydrogen) atoms. The average Bonchev–Trinajstić information content (AvgIpc) is 3.13. The molecular weight excluding hydrogens is 350 g/mol. The zero-order chi connectivity index (χ0) is 18.3. The molecule has 2 N–H and O–H groups in total. The molecule has 6 nitrogen and oxygen atoms in total. The highest BCUT2D eigenvalue weighted by molar-refractivity contribution is 7.11. The van der Waals surface area contributed by atoms with E-state index >= 15 is 0 Å². The van der Waals surface area contributed by atoms with Crippen molar-refractivity contribution in [1.29, 1.82) is 0 Å². The summed E-state index contributed by atoms with van der Waals surface area (Å²) in [5.74, 6) is -0.182. The number of ether oxygens (including phenoxy) is 1. The van der Waals surface area contributed by atoms with Crippen molar-refractivity contribution in [1.82, 2.24) is 10.3 Å². The number of anilines is 1. The van der Waals surface area contributed by atoms with E-state index in [9.17, 15) is 9.59 Å². The van der Waals surface area contributed by atoms with Crippen LogP contribution in [0, 0.1) is 0 Å². The van der Waals surface area contributed by atoms with Crippen LogP contribution < -0.4 is 10.6 Å². The van der Waals surface area contributed by atoms with Crippen LogP contribution in [-0.4, -0.2) is 29.9 Å². The molecule has 0 fully saturated rings. The normalized spacial score (nSPS) is 17.4. The first-order valence-corrected chi connectivity index (χ1v) is 9.56. The fourth-order valence-electron chi connectivity index (χ4n) is 3.31. The SMILES string of the molecule is CC1(C)C(=O)Nc2cc(C(=O)NCCc3nc4c(s3)COCC4)ccc21. The monoisotopic (exact) mass is 371 g/mol. The van der Waals surface area contributed by atoms with E-state index in [4.69, 9.17) is 4.74 Å². The summed E-state index contributed by atoms with van der Waals surface area (Å²) in [6.07, 6.45) is 1.58. The number of hydrogen-bond acceptors (Lipinski definition) is 5. The van der Waals surface area contributed by atoms with Crippen LogP contribution in [-0.2, 0) is 34.4 Å². The molecule has 7 heteroatoms. The molecule has 0 saturated carbocycles. The molecule has 2 aliphatic heterocycles. The number of carbonyl (C=O) groups excluding carboxylic acids is 2. The fraction of sp³-hybridized carbons (Fsp3) is 0.421. The van der Waals surface area contributed by atoms with Crippen molar-refractivity contribution in [2.24, 2.45) is 0 Å². The van der Waals surface area contributed by atoms with E-state index in [0.717, 1.165) is 35.0 Å². The van der Waals surface area contributed by atoms with Crippen molar-refractivity contribution < 1.29 is 14.3 Å². The molecule has 0 spiro atoms. The number of hydrogen-bond donors (Lipinski definition) is 2. The molecule has 3 heterocycles. The van der Waals surface area contributed by atoms with Gasteiger partial charge in [0, 0.05) is 30.6 Å². The smallest absolute Gasteiger partial charge is 0.251 e. The number of rotatable bonds is 4. The van der Waals surface area contributed by atoms with Crippen LogP contribution in [0.5, 0.6) is 0 Å². The van der Waals surface area contributed by atoms with Crippen LogP contribution in [0.3, 0.4) is 0 Å². The Kier molecular flexibility index (Phi) is 4.28. The second kappa shape index (κ2) is 6.48. The lowest BCUT2D eigenvalue weighted by Crippen LogP contribution is -2.26. The predicted octanol–water partition coefficient (Wildman–Crippen LogP) is 2.42. The van der Waals surface area contributed by atoms with Crippen LogP contribution >= 0.6 is 11.3 Å². The number of benzene rings is 1. The highest BCUT2D eigenvalue weighted by Crippen LogP contribution is 2.37. The maximum Gasteiger partial charge on any atom is 0.251 e. The van der Waals surface area contributed by atoms with E-state index in [0.29, 0.717) is 25.1 Å². The van der Waals surface area contributed by atoms with Crippen molar-refractivity contribution in [2.45, 2.75) is 38.7 Å². The summed E-state index contributed by atoms with van der Waals surface area (Å²) < 4.78 is 5.44. The number of thiazole rings is 1. The first-order chi connectivity index (χ1) is 12.4. The third kappa shape index (κ3) is 3.01. The van der Waals surface area contributed by atoms with E-state index < -0.39 is 5.41 Å². The Hall–Kier alpha value is -2.25. The summed E-state index contributed by atoms with van der Waals surface area (Å²) in [6, 6.07) is 5.38. The maximum atomic E-state index is 12.4. The van der Waals surface area contributed by atoms with Gasteiger partial charge in [-0.05, 0) is 31.5 Å². The number of amides is 2. The van der Waals surface area contributed by atoms with Gasteiger partial charge in [-0.3, -0.25) is 9.59 Å². The van der Waals surface area contributed by atoms with Gasteiger partial charge in [-0.1, -0.05) is 6.07 Å².